The molecule has 0 spiro atoms. The molecule has 2 aromatic carbocycles. The zero-order valence-corrected chi connectivity index (χ0v) is 19.3. The van der Waals surface area contributed by atoms with Crippen LogP contribution in [0.2, 0.25) is 0 Å². The van der Waals surface area contributed by atoms with E-state index in [1.165, 1.54) is 24.6 Å². The summed E-state index contributed by atoms with van der Waals surface area (Å²) in [7, 11) is 0. The largest absolute Gasteiger partial charge is 0.485 e. The fraction of sp³-hybridized carbons (Fsp3) is 0.500. The van der Waals surface area contributed by atoms with Crippen LogP contribution in [0.25, 0.3) is 0 Å². The molecule has 0 amide bonds. The summed E-state index contributed by atoms with van der Waals surface area (Å²) in [6.07, 6.45) is 4.17. The second-order valence-electron chi connectivity index (χ2n) is 8.77. The Hall–Kier alpha value is -2.49. The van der Waals surface area contributed by atoms with Crippen LogP contribution in [0.3, 0.4) is 0 Å². The van der Waals surface area contributed by atoms with Crippen LogP contribution >= 0.6 is 0 Å². The van der Waals surface area contributed by atoms with Crippen molar-refractivity contribution in [2.45, 2.75) is 72.8 Å². The van der Waals surface area contributed by atoms with E-state index >= 15 is 0 Å². The third kappa shape index (κ3) is 4.63. The van der Waals surface area contributed by atoms with E-state index in [1.54, 1.807) is 0 Å². The van der Waals surface area contributed by atoms with Gasteiger partial charge in [0.15, 0.2) is 0 Å². The molecule has 1 heterocycles. The molecule has 162 valence electrons. The topological polar surface area (TPSA) is 38.8 Å². The molecular weight excluding hydrogens is 374 g/mol. The van der Waals surface area contributed by atoms with E-state index in [0.717, 1.165) is 54.8 Å². The van der Waals surface area contributed by atoms with Gasteiger partial charge in [0.25, 0.3) is 0 Å². The zero-order valence-electron chi connectivity index (χ0n) is 19.3. The average molecular weight is 410 g/mol. The Kier molecular flexibility index (Phi) is 6.74. The third-order valence-corrected chi connectivity index (χ3v) is 6.24. The van der Waals surface area contributed by atoms with Gasteiger partial charge in [-0.25, -0.2) is 0 Å². The molecule has 0 aromatic heterocycles. The van der Waals surface area contributed by atoms with Gasteiger partial charge in [-0.3, -0.25) is 4.79 Å². The highest BCUT2D eigenvalue weighted by Crippen LogP contribution is 2.44. The molecule has 1 unspecified atom stereocenters. The maximum atomic E-state index is 11.6. The predicted molar refractivity (Wildman–Crippen MR) is 123 cm³/mol. The minimum absolute atomic E-state index is 0.275. The lowest BCUT2D eigenvalue weighted by Crippen LogP contribution is -2.48. The lowest BCUT2D eigenvalue weighted by atomic mass is 9.86. The molecule has 0 aliphatic carbocycles. The first kappa shape index (κ1) is 22.2. The Morgan fingerprint density at radius 1 is 1.13 bits per heavy atom. The number of carbonyl (C=O) groups is 1. The van der Waals surface area contributed by atoms with Crippen LogP contribution in [0.1, 0.15) is 62.3 Å². The molecule has 1 aliphatic heterocycles. The first-order valence-corrected chi connectivity index (χ1v) is 11.1. The summed E-state index contributed by atoms with van der Waals surface area (Å²) in [5.74, 6) is 1.38. The molecule has 0 N–H and O–H groups in total. The second kappa shape index (κ2) is 9.11. The fourth-order valence-electron chi connectivity index (χ4n) is 4.38. The number of anilines is 1. The highest BCUT2D eigenvalue weighted by atomic mass is 16.5. The molecular formula is C26H35NO3. The van der Waals surface area contributed by atoms with Gasteiger partial charge in [0.1, 0.15) is 17.1 Å². The van der Waals surface area contributed by atoms with E-state index in [-0.39, 0.29) is 11.6 Å². The number of hydrogen-bond donors (Lipinski definition) is 0. The molecule has 0 radical (unpaired) electrons. The Labute approximate surface area is 181 Å². The normalized spacial score (nSPS) is 17.8. The summed E-state index contributed by atoms with van der Waals surface area (Å²) in [5, 5.41) is 0. The Morgan fingerprint density at radius 3 is 2.47 bits per heavy atom. The van der Waals surface area contributed by atoms with Crippen molar-refractivity contribution in [3.05, 3.63) is 52.6 Å². The highest BCUT2D eigenvalue weighted by molar-refractivity contribution is 5.72. The maximum Gasteiger partial charge on any atom is 0.308 e. The minimum Gasteiger partial charge on any atom is -0.485 e. The van der Waals surface area contributed by atoms with E-state index in [2.05, 4.69) is 56.0 Å². The number of benzene rings is 2. The lowest BCUT2D eigenvalue weighted by Gasteiger charge is -2.41. The predicted octanol–water partition coefficient (Wildman–Crippen LogP) is 5.93. The fourth-order valence-corrected chi connectivity index (χ4v) is 4.38. The maximum absolute atomic E-state index is 11.6. The van der Waals surface area contributed by atoms with Gasteiger partial charge in [-0.05, 0) is 75.8 Å². The summed E-state index contributed by atoms with van der Waals surface area (Å²) in [6, 6.07) is 10.6. The lowest BCUT2D eigenvalue weighted by molar-refractivity contribution is -0.132. The molecule has 0 saturated heterocycles. The molecule has 4 heteroatoms. The van der Waals surface area contributed by atoms with Crippen molar-refractivity contribution in [3.8, 4) is 11.5 Å². The first-order valence-electron chi connectivity index (χ1n) is 11.1. The molecule has 2 aromatic rings. The van der Waals surface area contributed by atoms with Crippen LogP contribution in [0, 0.1) is 20.8 Å². The first-order chi connectivity index (χ1) is 14.3. The van der Waals surface area contributed by atoms with E-state index in [1.807, 2.05) is 13.8 Å². The third-order valence-electron chi connectivity index (χ3n) is 6.24. The van der Waals surface area contributed by atoms with Crippen molar-refractivity contribution in [2.24, 2.45) is 0 Å². The number of ether oxygens (including phenoxy) is 2. The second-order valence-corrected chi connectivity index (χ2v) is 8.77. The van der Waals surface area contributed by atoms with E-state index in [0.29, 0.717) is 5.75 Å². The number of nitrogens with zero attached hydrogens (tertiary/aromatic N) is 1. The number of unbranched alkanes of at least 4 members (excludes halogenated alkanes) is 1. The van der Waals surface area contributed by atoms with Gasteiger partial charge in [-0.15, -0.1) is 0 Å². The van der Waals surface area contributed by atoms with Gasteiger partial charge >= 0.3 is 5.97 Å². The van der Waals surface area contributed by atoms with Crippen molar-refractivity contribution in [1.82, 2.24) is 0 Å². The number of carbonyl (C=O) groups excluding carboxylic acids is 1. The smallest absolute Gasteiger partial charge is 0.308 e. The van der Waals surface area contributed by atoms with Crippen LogP contribution in [-0.2, 0) is 11.2 Å². The van der Waals surface area contributed by atoms with Gasteiger partial charge in [-0.1, -0.05) is 31.5 Å². The molecule has 4 nitrogen and oxygen atoms in total. The number of hydrogen-bond acceptors (Lipinski definition) is 4. The van der Waals surface area contributed by atoms with E-state index < -0.39 is 0 Å². The molecule has 0 fully saturated rings. The Balaban J connectivity index is 1.91. The van der Waals surface area contributed by atoms with Crippen molar-refractivity contribution in [1.29, 1.82) is 0 Å². The van der Waals surface area contributed by atoms with Crippen molar-refractivity contribution < 1.29 is 14.3 Å². The SMILES string of the molecule is CCCCN(CC1(C)CCc2c(C)c(OC(C)=O)c(C)c(C)c2O1)c1ccccc1. The molecule has 0 saturated carbocycles. The molecule has 1 aliphatic rings. The molecule has 3 rings (SSSR count). The monoisotopic (exact) mass is 409 g/mol. The van der Waals surface area contributed by atoms with Crippen LogP contribution in [0.5, 0.6) is 11.5 Å². The van der Waals surface area contributed by atoms with Gasteiger partial charge in [0, 0.05) is 24.7 Å². The van der Waals surface area contributed by atoms with Crippen molar-refractivity contribution in [3.63, 3.8) is 0 Å². The van der Waals surface area contributed by atoms with E-state index in [9.17, 15) is 4.79 Å². The zero-order chi connectivity index (χ0) is 21.9. The Morgan fingerprint density at radius 2 is 1.83 bits per heavy atom. The van der Waals surface area contributed by atoms with Crippen molar-refractivity contribution in [2.75, 3.05) is 18.0 Å². The number of fused-ring (bicyclic) bond motifs is 1. The summed E-state index contributed by atoms with van der Waals surface area (Å²) in [4.78, 5) is 14.0. The summed E-state index contributed by atoms with van der Waals surface area (Å²) >= 11 is 0. The highest BCUT2D eigenvalue weighted by Gasteiger charge is 2.36. The molecule has 0 bridgehead atoms. The number of esters is 1. The van der Waals surface area contributed by atoms with Crippen LogP contribution < -0.4 is 14.4 Å². The standard InChI is InChI=1S/C26H35NO3/c1-7-8-16-27(22-12-10-9-11-13-22)17-26(6)15-14-23-20(4)24(29-21(5)28)18(2)19(3)25(23)30-26/h9-13H,7-8,14-17H2,1-6H3. The van der Waals surface area contributed by atoms with Gasteiger partial charge < -0.3 is 14.4 Å². The van der Waals surface area contributed by atoms with Crippen LogP contribution in [0.15, 0.2) is 30.3 Å². The van der Waals surface area contributed by atoms with Gasteiger partial charge in [-0.2, -0.15) is 0 Å². The van der Waals surface area contributed by atoms with Gasteiger partial charge in [0.05, 0.1) is 6.54 Å². The quantitative estimate of drug-likeness (QED) is 0.420. The van der Waals surface area contributed by atoms with Crippen LogP contribution in [0.4, 0.5) is 5.69 Å². The molecule has 1 atom stereocenters. The minimum atomic E-state index is -0.281. The summed E-state index contributed by atoms with van der Waals surface area (Å²) in [6.45, 7) is 13.9. The average Bonchev–Trinajstić information content (AvgIpc) is 2.73. The van der Waals surface area contributed by atoms with Crippen molar-refractivity contribution >= 4 is 11.7 Å². The Bertz CT molecular complexity index is 906. The van der Waals surface area contributed by atoms with E-state index in [4.69, 9.17) is 9.47 Å². The molecule has 30 heavy (non-hydrogen) atoms. The number of rotatable bonds is 7. The van der Waals surface area contributed by atoms with Gasteiger partial charge in [0.2, 0.25) is 0 Å². The summed E-state index contributed by atoms with van der Waals surface area (Å²) in [5.41, 5.74) is 5.22. The van der Waals surface area contributed by atoms with Crippen LogP contribution in [-0.4, -0.2) is 24.7 Å². The number of para-hydroxylation sites is 1. The summed E-state index contributed by atoms with van der Waals surface area (Å²) < 4.78 is 12.3.